The first kappa shape index (κ1) is 10.4. The molecule has 0 saturated heterocycles. The molecule has 0 radical (unpaired) electrons. The molecular weight excluding hydrogens is 204 g/mol. The number of carbonyl (C=O) groups is 2. The molecule has 0 aliphatic carbocycles. The van der Waals surface area contributed by atoms with E-state index in [4.69, 9.17) is 4.74 Å². The summed E-state index contributed by atoms with van der Waals surface area (Å²) in [6, 6.07) is 9.39. The summed E-state index contributed by atoms with van der Waals surface area (Å²) < 4.78 is 4.94. The number of carbonyl (C=O) groups excluding carboxylic acids is 2. The summed E-state index contributed by atoms with van der Waals surface area (Å²) in [5.41, 5.74) is 1.81. The first-order valence-corrected chi connectivity index (χ1v) is 4.87. The highest BCUT2D eigenvalue weighted by atomic mass is 16.5. The summed E-state index contributed by atoms with van der Waals surface area (Å²) >= 11 is 0. The van der Waals surface area contributed by atoms with Gasteiger partial charge in [-0.2, -0.15) is 0 Å². The van der Waals surface area contributed by atoms with E-state index in [1.165, 1.54) is 12.5 Å². The number of aldehydes is 2. The lowest BCUT2D eigenvalue weighted by Crippen LogP contribution is -2.12. The second kappa shape index (κ2) is 4.57. The van der Waals surface area contributed by atoms with Gasteiger partial charge in [0.1, 0.15) is 12.6 Å². The lowest BCUT2D eigenvalue weighted by Gasteiger charge is -2.20. The molecule has 0 bridgehead atoms. The van der Waals surface area contributed by atoms with Gasteiger partial charge >= 0.3 is 0 Å². The van der Waals surface area contributed by atoms with E-state index in [-0.39, 0.29) is 5.92 Å². The molecule has 16 heavy (non-hydrogen) atoms. The summed E-state index contributed by atoms with van der Waals surface area (Å²) in [5.74, 6) is -0.315. The molecule has 0 atom stereocenters. The Morgan fingerprint density at radius 1 is 0.938 bits per heavy atom. The predicted molar refractivity (Wildman–Crippen MR) is 58.6 cm³/mol. The maximum atomic E-state index is 10.9. The SMILES string of the molecule is O=CC1=COC=C(C=O)C1c1ccccc1. The number of rotatable bonds is 3. The number of hydrogen-bond donors (Lipinski definition) is 0. The molecule has 1 aliphatic rings. The Morgan fingerprint density at radius 3 is 2.00 bits per heavy atom. The predicted octanol–water partition coefficient (Wildman–Crippen LogP) is 1.97. The van der Waals surface area contributed by atoms with E-state index >= 15 is 0 Å². The van der Waals surface area contributed by atoms with Gasteiger partial charge in [-0.1, -0.05) is 30.3 Å². The highest BCUT2D eigenvalue weighted by Crippen LogP contribution is 2.32. The van der Waals surface area contributed by atoms with Crippen molar-refractivity contribution in [3.05, 3.63) is 59.6 Å². The smallest absolute Gasteiger partial charge is 0.150 e. The molecule has 0 amide bonds. The van der Waals surface area contributed by atoms with Gasteiger partial charge in [0.15, 0.2) is 0 Å². The Balaban J connectivity index is 2.45. The number of benzene rings is 1. The van der Waals surface area contributed by atoms with Gasteiger partial charge in [-0.3, -0.25) is 9.59 Å². The Labute approximate surface area is 93.0 Å². The zero-order valence-electron chi connectivity index (χ0n) is 8.50. The molecule has 3 nitrogen and oxygen atoms in total. The molecule has 0 fully saturated rings. The van der Waals surface area contributed by atoms with Crippen LogP contribution in [0.4, 0.5) is 0 Å². The van der Waals surface area contributed by atoms with Crippen molar-refractivity contribution in [2.75, 3.05) is 0 Å². The third-order valence-electron chi connectivity index (χ3n) is 2.48. The van der Waals surface area contributed by atoms with Crippen molar-refractivity contribution in [3.8, 4) is 0 Å². The highest BCUT2D eigenvalue weighted by molar-refractivity contribution is 5.85. The van der Waals surface area contributed by atoms with E-state index in [1.54, 1.807) is 0 Å². The third-order valence-corrected chi connectivity index (χ3v) is 2.48. The monoisotopic (exact) mass is 214 g/mol. The van der Waals surface area contributed by atoms with Crippen LogP contribution in [0.2, 0.25) is 0 Å². The van der Waals surface area contributed by atoms with Crippen LogP contribution in [-0.4, -0.2) is 12.6 Å². The molecule has 1 aromatic carbocycles. The van der Waals surface area contributed by atoms with Crippen LogP contribution in [0.15, 0.2) is 54.0 Å². The molecule has 0 aromatic heterocycles. The summed E-state index contributed by atoms with van der Waals surface area (Å²) in [7, 11) is 0. The molecule has 0 saturated carbocycles. The average Bonchev–Trinajstić information content (AvgIpc) is 2.38. The van der Waals surface area contributed by atoms with Crippen LogP contribution >= 0.6 is 0 Å². The van der Waals surface area contributed by atoms with Crippen molar-refractivity contribution in [2.45, 2.75) is 5.92 Å². The van der Waals surface area contributed by atoms with Crippen molar-refractivity contribution in [2.24, 2.45) is 0 Å². The summed E-state index contributed by atoms with van der Waals surface area (Å²) in [6.45, 7) is 0. The van der Waals surface area contributed by atoms with Crippen LogP contribution in [0.1, 0.15) is 11.5 Å². The van der Waals surface area contributed by atoms with Gasteiger partial charge in [0.2, 0.25) is 0 Å². The fourth-order valence-corrected chi connectivity index (χ4v) is 1.74. The quantitative estimate of drug-likeness (QED) is 0.722. The molecular formula is C13H10O3. The van der Waals surface area contributed by atoms with Crippen LogP contribution in [0.3, 0.4) is 0 Å². The van der Waals surface area contributed by atoms with Crippen molar-refractivity contribution < 1.29 is 14.3 Å². The summed E-state index contributed by atoms with van der Waals surface area (Å²) in [4.78, 5) is 21.8. The molecule has 0 unspecified atom stereocenters. The topological polar surface area (TPSA) is 43.4 Å². The Hall–Kier alpha value is -2.16. The summed E-state index contributed by atoms with van der Waals surface area (Å²) in [6.07, 6.45) is 4.18. The van der Waals surface area contributed by atoms with Crippen LogP contribution in [0.5, 0.6) is 0 Å². The standard InChI is InChI=1S/C13H10O3/c14-6-11-8-16-9-12(7-15)13(11)10-4-2-1-3-5-10/h1-9,13H. The molecule has 2 rings (SSSR count). The van der Waals surface area contributed by atoms with Gasteiger partial charge in [0.05, 0.1) is 12.5 Å². The van der Waals surface area contributed by atoms with Gasteiger partial charge in [0.25, 0.3) is 0 Å². The highest BCUT2D eigenvalue weighted by Gasteiger charge is 2.24. The fourth-order valence-electron chi connectivity index (χ4n) is 1.74. The van der Waals surface area contributed by atoms with E-state index in [0.29, 0.717) is 23.7 Å². The lowest BCUT2D eigenvalue weighted by molar-refractivity contribution is -0.105. The first-order chi connectivity index (χ1) is 7.86. The molecule has 1 aliphatic heterocycles. The lowest BCUT2D eigenvalue weighted by atomic mass is 9.86. The van der Waals surface area contributed by atoms with Gasteiger partial charge in [-0.05, 0) is 5.56 Å². The second-order valence-corrected chi connectivity index (χ2v) is 3.45. The molecule has 0 N–H and O–H groups in total. The minimum atomic E-state index is -0.315. The fraction of sp³-hybridized carbons (Fsp3) is 0.0769. The number of ether oxygens (including phenoxy) is 1. The molecule has 1 aromatic rings. The average molecular weight is 214 g/mol. The second-order valence-electron chi connectivity index (χ2n) is 3.45. The molecule has 1 heterocycles. The van der Waals surface area contributed by atoms with Crippen LogP contribution < -0.4 is 0 Å². The van der Waals surface area contributed by atoms with Crippen LogP contribution in [0, 0.1) is 0 Å². The molecule has 80 valence electrons. The normalized spacial score (nSPS) is 15.8. The van der Waals surface area contributed by atoms with Crippen LogP contribution in [-0.2, 0) is 14.3 Å². The number of hydrogen-bond acceptors (Lipinski definition) is 3. The molecule has 3 heteroatoms. The Morgan fingerprint density at radius 2 is 1.50 bits per heavy atom. The Kier molecular flexibility index (Phi) is 2.96. The summed E-state index contributed by atoms with van der Waals surface area (Å²) in [5, 5.41) is 0. The zero-order chi connectivity index (χ0) is 11.4. The van der Waals surface area contributed by atoms with Gasteiger partial charge < -0.3 is 4.74 Å². The van der Waals surface area contributed by atoms with E-state index in [0.717, 1.165) is 5.56 Å². The van der Waals surface area contributed by atoms with Crippen molar-refractivity contribution >= 4 is 12.6 Å². The van der Waals surface area contributed by atoms with Crippen molar-refractivity contribution in [1.82, 2.24) is 0 Å². The first-order valence-electron chi connectivity index (χ1n) is 4.87. The Bertz CT molecular complexity index is 433. The maximum Gasteiger partial charge on any atom is 0.150 e. The van der Waals surface area contributed by atoms with Gasteiger partial charge in [-0.15, -0.1) is 0 Å². The van der Waals surface area contributed by atoms with Crippen molar-refractivity contribution in [3.63, 3.8) is 0 Å². The van der Waals surface area contributed by atoms with Gasteiger partial charge in [0, 0.05) is 17.1 Å². The number of allylic oxidation sites excluding steroid dienone is 2. The van der Waals surface area contributed by atoms with Gasteiger partial charge in [-0.25, -0.2) is 0 Å². The minimum absolute atomic E-state index is 0.315. The van der Waals surface area contributed by atoms with Crippen LogP contribution in [0.25, 0.3) is 0 Å². The zero-order valence-corrected chi connectivity index (χ0v) is 8.50. The maximum absolute atomic E-state index is 10.9. The van der Waals surface area contributed by atoms with E-state index in [2.05, 4.69) is 0 Å². The van der Waals surface area contributed by atoms with E-state index in [9.17, 15) is 9.59 Å². The molecule has 0 spiro atoms. The van der Waals surface area contributed by atoms with E-state index in [1.807, 2.05) is 30.3 Å². The third kappa shape index (κ3) is 1.80. The minimum Gasteiger partial charge on any atom is -0.472 e. The van der Waals surface area contributed by atoms with Crippen molar-refractivity contribution in [1.29, 1.82) is 0 Å². The van der Waals surface area contributed by atoms with E-state index < -0.39 is 0 Å². The largest absolute Gasteiger partial charge is 0.472 e.